The minimum atomic E-state index is -4.52. The standard InChI is InChI=1S/C5H3F3N2/c6-5(7,8)4-9-2-1-3-10-4/h1-3H/i1D. The molecule has 2 nitrogen and oxygen atoms in total. The highest BCUT2D eigenvalue weighted by Crippen LogP contribution is 2.24. The lowest BCUT2D eigenvalue weighted by Gasteiger charge is -2.01. The van der Waals surface area contributed by atoms with E-state index < -0.39 is 12.0 Å². The summed E-state index contributed by atoms with van der Waals surface area (Å²) in [6.45, 7) is 0. The molecule has 0 spiro atoms. The van der Waals surface area contributed by atoms with Crippen molar-refractivity contribution in [2.24, 2.45) is 0 Å². The number of aromatic nitrogens is 2. The number of hydrogen-bond donors (Lipinski definition) is 0. The van der Waals surface area contributed by atoms with Gasteiger partial charge in [0.15, 0.2) is 0 Å². The SMILES string of the molecule is [2H]c1cnc(C(F)(F)F)nc1. The minimum absolute atomic E-state index is 0.141. The second kappa shape index (κ2) is 2.24. The van der Waals surface area contributed by atoms with Crippen LogP contribution in [0.2, 0.25) is 0 Å². The first kappa shape index (κ1) is 5.64. The van der Waals surface area contributed by atoms with Crippen LogP contribution in [0.5, 0.6) is 0 Å². The normalized spacial score (nSPS) is 12.9. The Hall–Kier alpha value is -1.13. The second-order valence-corrected chi connectivity index (χ2v) is 1.50. The molecule has 0 bridgehead atoms. The average Bonchev–Trinajstić information content (AvgIpc) is 1.86. The van der Waals surface area contributed by atoms with Gasteiger partial charge in [0.05, 0.1) is 1.37 Å². The Labute approximate surface area is 56.1 Å². The van der Waals surface area contributed by atoms with Crippen LogP contribution in [0, 0.1) is 0 Å². The predicted molar refractivity (Wildman–Crippen MR) is 27.0 cm³/mol. The van der Waals surface area contributed by atoms with Crippen LogP contribution in [0.15, 0.2) is 18.4 Å². The maximum atomic E-state index is 11.7. The molecular formula is C5H3F3N2. The Morgan fingerprint density at radius 1 is 1.30 bits per heavy atom. The van der Waals surface area contributed by atoms with E-state index in [0.29, 0.717) is 0 Å². The van der Waals surface area contributed by atoms with E-state index in [1.165, 1.54) is 0 Å². The second-order valence-electron chi connectivity index (χ2n) is 1.50. The lowest BCUT2D eigenvalue weighted by atomic mass is 10.5. The van der Waals surface area contributed by atoms with Crippen molar-refractivity contribution in [3.63, 3.8) is 0 Å². The Bertz CT molecular complexity index is 243. The molecule has 1 aromatic heterocycles. The van der Waals surface area contributed by atoms with Gasteiger partial charge in [0.2, 0.25) is 5.82 Å². The first-order valence-electron chi connectivity index (χ1n) is 2.86. The van der Waals surface area contributed by atoms with Gasteiger partial charge in [0.1, 0.15) is 0 Å². The zero-order valence-electron chi connectivity index (χ0n) is 5.68. The van der Waals surface area contributed by atoms with Gasteiger partial charge in [-0.1, -0.05) is 0 Å². The van der Waals surface area contributed by atoms with Crippen molar-refractivity contribution < 1.29 is 14.5 Å². The smallest absolute Gasteiger partial charge is 0.233 e. The van der Waals surface area contributed by atoms with Gasteiger partial charge in [-0.3, -0.25) is 0 Å². The summed E-state index contributed by atoms with van der Waals surface area (Å²) < 4.78 is 42.0. The zero-order chi connectivity index (χ0) is 8.48. The summed E-state index contributed by atoms with van der Waals surface area (Å²) in [4.78, 5) is 5.85. The molecule has 0 radical (unpaired) electrons. The Kier molecular flexibility index (Phi) is 1.26. The van der Waals surface area contributed by atoms with E-state index in [4.69, 9.17) is 1.37 Å². The van der Waals surface area contributed by atoms with Crippen LogP contribution in [0.1, 0.15) is 7.20 Å². The molecule has 1 heterocycles. The van der Waals surface area contributed by atoms with Crippen LogP contribution in [0.4, 0.5) is 13.2 Å². The Morgan fingerprint density at radius 2 is 1.80 bits per heavy atom. The number of nitrogens with zero attached hydrogens (tertiary/aromatic N) is 2. The van der Waals surface area contributed by atoms with Crippen LogP contribution in [0.3, 0.4) is 0 Å². The quantitative estimate of drug-likeness (QED) is 0.558. The maximum absolute atomic E-state index is 11.7. The maximum Gasteiger partial charge on any atom is 0.451 e. The predicted octanol–water partition coefficient (Wildman–Crippen LogP) is 1.50. The number of rotatable bonds is 0. The fourth-order valence-electron chi connectivity index (χ4n) is 0.410. The molecule has 0 amide bonds. The third-order valence-electron chi connectivity index (χ3n) is 0.776. The molecule has 0 unspecified atom stereocenters. The highest BCUT2D eigenvalue weighted by molar-refractivity contribution is 4.92. The minimum Gasteiger partial charge on any atom is -0.233 e. The molecule has 0 aromatic carbocycles. The van der Waals surface area contributed by atoms with Crippen LogP contribution in [0.25, 0.3) is 0 Å². The van der Waals surface area contributed by atoms with E-state index in [9.17, 15) is 13.2 Å². The van der Waals surface area contributed by atoms with Crippen molar-refractivity contribution in [3.8, 4) is 0 Å². The van der Waals surface area contributed by atoms with E-state index in [1.807, 2.05) is 0 Å². The third kappa shape index (κ3) is 1.43. The van der Waals surface area contributed by atoms with E-state index in [-0.39, 0.29) is 6.04 Å². The summed E-state index contributed by atoms with van der Waals surface area (Å²) >= 11 is 0. The highest BCUT2D eigenvalue weighted by atomic mass is 19.4. The molecule has 0 fully saturated rings. The van der Waals surface area contributed by atoms with Crippen molar-refractivity contribution in [1.29, 1.82) is 0 Å². The van der Waals surface area contributed by atoms with Crippen LogP contribution >= 0.6 is 0 Å². The summed E-state index contributed by atoms with van der Waals surface area (Å²) in [5.74, 6) is -1.21. The Balaban J connectivity index is 2.99. The van der Waals surface area contributed by atoms with Crippen molar-refractivity contribution in [2.75, 3.05) is 0 Å². The lowest BCUT2D eigenvalue weighted by Crippen LogP contribution is -2.09. The molecule has 0 aliphatic rings. The zero-order valence-corrected chi connectivity index (χ0v) is 4.68. The molecule has 5 heteroatoms. The van der Waals surface area contributed by atoms with Gasteiger partial charge in [-0.05, 0) is 6.04 Å². The van der Waals surface area contributed by atoms with E-state index in [1.54, 1.807) is 0 Å². The van der Waals surface area contributed by atoms with E-state index >= 15 is 0 Å². The lowest BCUT2D eigenvalue weighted by molar-refractivity contribution is -0.145. The molecule has 0 N–H and O–H groups in total. The van der Waals surface area contributed by atoms with Gasteiger partial charge in [-0.2, -0.15) is 13.2 Å². The summed E-state index contributed by atoms with van der Waals surface area (Å²) in [6.07, 6.45) is -2.92. The highest BCUT2D eigenvalue weighted by Gasteiger charge is 2.33. The topological polar surface area (TPSA) is 25.8 Å². The molecule has 54 valence electrons. The molecular weight excluding hydrogens is 145 g/mol. The summed E-state index contributed by atoms with van der Waals surface area (Å²) in [6, 6.07) is -0.141. The van der Waals surface area contributed by atoms with Crippen LogP contribution in [-0.4, -0.2) is 9.97 Å². The fraction of sp³-hybridized carbons (Fsp3) is 0.200. The van der Waals surface area contributed by atoms with Gasteiger partial charge >= 0.3 is 6.18 Å². The van der Waals surface area contributed by atoms with Crippen LogP contribution in [-0.2, 0) is 6.18 Å². The van der Waals surface area contributed by atoms with Gasteiger partial charge in [-0.25, -0.2) is 9.97 Å². The molecule has 0 saturated carbocycles. The van der Waals surface area contributed by atoms with E-state index in [2.05, 4.69) is 9.97 Å². The molecule has 0 aliphatic carbocycles. The number of halogens is 3. The van der Waals surface area contributed by atoms with Crippen molar-refractivity contribution in [2.45, 2.75) is 6.18 Å². The number of hydrogen-bond acceptors (Lipinski definition) is 2. The first-order valence-corrected chi connectivity index (χ1v) is 2.36. The van der Waals surface area contributed by atoms with Crippen molar-refractivity contribution in [1.82, 2.24) is 9.97 Å². The average molecular weight is 149 g/mol. The summed E-state index contributed by atoms with van der Waals surface area (Å²) in [5.41, 5.74) is 0. The molecule has 1 rings (SSSR count). The molecule has 0 aliphatic heterocycles. The monoisotopic (exact) mass is 149 g/mol. The Morgan fingerprint density at radius 3 is 2.20 bits per heavy atom. The summed E-state index contributed by atoms with van der Waals surface area (Å²) in [7, 11) is 0. The number of alkyl halides is 3. The van der Waals surface area contributed by atoms with Gasteiger partial charge < -0.3 is 0 Å². The molecule has 0 atom stereocenters. The summed E-state index contributed by atoms with van der Waals surface area (Å²) in [5, 5.41) is 0. The fourth-order valence-corrected chi connectivity index (χ4v) is 0.410. The van der Waals surface area contributed by atoms with Crippen LogP contribution < -0.4 is 0 Å². The van der Waals surface area contributed by atoms with Gasteiger partial charge in [0, 0.05) is 12.4 Å². The van der Waals surface area contributed by atoms with Gasteiger partial charge in [-0.15, -0.1) is 0 Å². The molecule has 10 heavy (non-hydrogen) atoms. The van der Waals surface area contributed by atoms with Gasteiger partial charge in [0.25, 0.3) is 0 Å². The molecule has 1 aromatic rings. The van der Waals surface area contributed by atoms with Crippen molar-refractivity contribution >= 4 is 0 Å². The first-order chi connectivity index (χ1) is 5.00. The third-order valence-corrected chi connectivity index (χ3v) is 0.776. The van der Waals surface area contributed by atoms with Crippen molar-refractivity contribution in [3.05, 3.63) is 24.3 Å². The molecule has 0 saturated heterocycles. The van der Waals surface area contributed by atoms with E-state index in [0.717, 1.165) is 12.4 Å². The largest absolute Gasteiger partial charge is 0.451 e.